The normalized spacial score (nSPS) is 22.4. The summed E-state index contributed by atoms with van der Waals surface area (Å²) in [4.78, 5) is 0. The Bertz CT molecular complexity index is 552. The van der Waals surface area contributed by atoms with Crippen LogP contribution in [0.4, 0.5) is 0 Å². The largest absolute Gasteiger partial charge is 0.489 e. The maximum Gasteiger partial charge on any atom is 0.127 e. The van der Waals surface area contributed by atoms with Crippen LogP contribution in [0.1, 0.15) is 13.3 Å². The minimum Gasteiger partial charge on any atom is -0.489 e. The van der Waals surface area contributed by atoms with Gasteiger partial charge in [-0.1, -0.05) is 55.5 Å². The molecule has 1 fully saturated rings. The van der Waals surface area contributed by atoms with E-state index in [0.29, 0.717) is 12.0 Å². The average molecular weight is 267 g/mol. The van der Waals surface area contributed by atoms with E-state index in [1.165, 1.54) is 11.1 Å². The van der Waals surface area contributed by atoms with E-state index in [0.717, 1.165) is 25.3 Å². The molecule has 1 saturated heterocycles. The van der Waals surface area contributed by atoms with Gasteiger partial charge >= 0.3 is 0 Å². The molecule has 2 unspecified atom stereocenters. The summed E-state index contributed by atoms with van der Waals surface area (Å²) in [6.45, 7) is 4.34. The summed E-state index contributed by atoms with van der Waals surface area (Å²) in [6, 6.07) is 18.8. The lowest BCUT2D eigenvalue weighted by atomic mass is 9.97. The predicted octanol–water partition coefficient (Wildman–Crippen LogP) is 3.73. The van der Waals surface area contributed by atoms with Crippen LogP contribution in [0.25, 0.3) is 11.1 Å². The fraction of sp³-hybridized carbons (Fsp3) is 0.333. The third-order valence-corrected chi connectivity index (χ3v) is 3.96. The van der Waals surface area contributed by atoms with E-state index in [1.807, 2.05) is 12.1 Å². The molecule has 2 nitrogen and oxygen atoms in total. The lowest BCUT2D eigenvalue weighted by Gasteiger charge is -2.30. The molecule has 0 saturated carbocycles. The summed E-state index contributed by atoms with van der Waals surface area (Å²) >= 11 is 0. The lowest BCUT2D eigenvalue weighted by molar-refractivity contribution is 0.112. The highest BCUT2D eigenvalue weighted by molar-refractivity contribution is 5.70. The number of nitrogens with one attached hydrogen (secondary N) is 1. The van der Waals surface area contributed by atoms with Crippen LogP contribution in [0.3, 0.4) is 0 Å². The Labute approximate surface area is 120 Å². The van der Waals surface area contributed by atoms with Gasteiger partial charge in [-0.25, -0.2) is 0 Å². The van der Waals surface area contributed by atoms with Crippen LogP contribution in [0.15, 0.2) is 54.6 Å². The van der Waals surface area contributed by atoms with Gasteiger partial charge in [0, 0.05) is 18.0 Å². The molecule has 2 heteroatoms. The number of ether oxygens (including phenoxy) is 1. The number of hydrogen-bond acceptors (Lipinski definition) is 2. The van der Waals surface area contributed by atoms with E-state index in [9.17, 15) is 0 Å². The van der Waals surface area contributed by atoms with Crippen LogP contribution in [-0.4, -0.2) is 19.2 Å². The highest BCUT2D eigenvalue weighted by atomic mass is 16.5. The van der Waals surface area contributed by atoms with Crippen LogP contribution in [-0.2, 0) is 0 Å². The van der Waals surface area contributed by atoms with Crippen molar-refractivity contribution in [2.75, 3.05) is 13.1 Å². The molecule has 2 aromatic carbocycles. The van der Waals surface area contributed by atoms with Crippen LogP contribution in [0.5, 0.6) is 5.75 Å². The topological polar surface area (TPSA) is 21.3 Å². The standard InChI is InChI=1S/C18H21NO/c1-14-13-19-12-11-17(14)20-18-10-6-5-9-16(18)15-7-3-2-4-8-15/h2-10,14,17,19H,11-13H2,1H3. The zero-order valence-corrected chi connectivity index (χ0v) is 11.9. The summed E-state index contributed by atoms with van der Waals surface area (Å²) in [5, 5.41) is 3.42. The monoisotopic (exact) mass is 267 g/mol. The highest BCUT2D eigenvalue weighted by Gasteiger charge is 2.23. The van der Waals surface area contributed by atoms with Crippen molar-refractivity contribution in [1.82, 2.24) is 5.32 Å². The van der Waals surface area contributed by atoms with Crippen molar-refractivity contribution in [3.05, 3.63) is 54.6 Å². The van der Waals surface area contributed by atoms with Gasteiger partial charge in [-0.15, -0.1) is 0 Å². The molecule has 0 bridgehead atoms. The van der Waals surface area contributed by atoms with E-state index < -0.39 is 0 Å². The van der Waals surface area contributed by atoms with E-state index in [2.05, 4.69) is 54.7 Å². The van der Waals surface area contributed by atoms with Crippen molar-refractivity contribution in [3.63, 3.8) is 0 Å². The summed E-state index contributed by atoms with van der Waals surface area (Å²) in [5.41, 5.74) is 2.39. The molecule has 1 aliphatic heterocycles. The Morgan fingerprint density at radius 3 is 2.55 bits per heavy atom. The van der Waals surface area contributed by atoms with Crippen LogP contribution >= 0.6 is 0 Å². The Kier molecular flexibility index (Phi) is 4.03. The summed E-state index contributed by atoms with van der Waals surface area (Å²) in [6.07, 6.45) is 1.38. The molecule has 0 aromatic heterocycles. The van der Waals surface area contributed by atoms with Crippen molar-refractivity contribution in [2.24, 2.45) is 5.92 Å². The van der Waals surface area contributed by atoms with Crippen LogP contribution < -0.4 is 10.1 Å². The molecule has 104 valence electrons. The first kappa shape index (κ1) is 13.2. The smallest absolute Gasteiger partial charge is 0.127 e. The maximum atomic E-state index is 6.31. The number of para-hydroxylation sites is 1. The van der Waals surface area contributed by atoms with E-state index in [1.54, 1.807) is 0 Å². The van der Waals surface area contributed by atoms with Crippen molar-refractivity contribution >= 4 is 0 Å². The van der Waals surface area contributed by atoms with E-state index in [4.69, 9.17) is 4.74 Å². The fourth-order valence-corrected chi connectivity index (χ4v) is 2.75. The second-order valence-corrected chi connectivity index (χ2v) is 5.49. The van der Waals surface area contributed by atoms with Gasteiger partial charge in [0.05, 0.1) is 0 Å². The second kappa shape index (κ2) is 6.10. The molecule has 1 aliphatic rings. The summed E-state index contributed by atoms with van der Waals surface area (Å²) in [7, 11) is 0. The molecule has 0 spiro atoms. The summed E-state index contributed by atoms with van der Waals surface area (Å²) in [5.74, 6) is 1.55. The van der Waals surface area contributed by atoms with Gasteiger partial charge in [0.25, 0.3) is 0 Å². The first-order chi connectivity index (χ1) is 9.84. The Morgan fingerprint density at radius 2 is 1.75 bits per heavy atom. The van der Waals surface area contributed by atoms with Gasteiger partial charge in [0.2, 0.25) is 0 Å². The molecule has 1 heterocycles. The van der Waals surface area contributed by atoms with Gasteiger partial charge in [-0.2, -0.15) is 0 Å². The molecule has 2 atom stereocenters. The van der Waals surface area contributed by atoms with Crippen molar-refractivity contribution in [2.45, 2.75) is 19.4 Å². The molecule has 0 radical (unpaired) electrons. The van der Waals surface area contributed by atoms with Gasteiger partial charge in [-0.3, -0.25) is 0 Å². The SMILES string of the molecule is CC1CNCCC1Oc1ccccc1-c1ccccc1. The third kappa shape index (κ3) is 2.86. The molecule has 20 heavy (non-hydrogen) atoms. The predicted molar refractivity (Wildman–Crippen MR) is 82.9 cm³/mol. The zero-order valence-electron chi connectivity index (χ0n) is 11.9. The Balaban J connectivity index is 1.86. The first-order valence-corrected chi connectivity index (χ1v) is 7.36. The molecular formula is C18H21NO. The number of piperidine rings is 1. The van der Waals surface area contributed by atoms with Crippen LogP contribution in [0, 0.1) is 5.92 Å². The Morgan fingerprint density at radius 1 is 1.00 bits per heavy atom. The van der Waals surface area contributed by atoms with Gasteiger partial charge in [0.15, 0.2) is 0 Å². The van der Waals surface area contributed by atoms with Crippen molar-refractivity contribution in [3.8, 4) is 16.9 Å². The van der Waals surface area contributed by atoms with Gasteiger partial charge in [-0.05, 0) is 24.6 Å². The average Bonchev–Trinajstić information content (AvgIpc) is 2.51. The van der Waals surface area contributed by atoms with Gasteiger partial charge in [0.1, 0.15) is 11.9 Å². The number of benzene rings is 2. The highest BCUT2D eigenvalue weighted by Crippen LogP contribution is 2.31. The Hall–Kier alpha value is -1.80. The molecule has 2 aromatic rings. The minimum atomic E-state index is 0.307. The fourth-order valence-electron chi connectivity index (χ4n) is 2.75. The molecular weight excluding hydrogens is 246 g/mol. The third-order valence-electron chi connectivity index (χ3n) is 3.96. The quantitative estimate of drug-likeness (QED) is 0.915. The summed E-state index contributed by atoms with van der Waals surface area (Å²) < 4.78 is 6.31. The van der Waals surface area contributed by atoms with Crippen LogP contribution in [0.2, 0.25) is 0 Å². The molecule has 3 rings (SSSR count). The van der Waals surface area contributed by atoms with E-state index >= 15 is 0 Å². The van der Waals surface area contributed by atoms with Crippen molar-refractivity contribution in [1.29, 1.82) is 0 Å². The lowest BCUT2D eigenvalue weighted by Crippen LogP contribution is -2.41. The minimum absolute atomic E-state index is 0.307. The van der Waals surface area contributed by atoms with Crippen molar-refractivity contribution < 1.29 is 4.74 Å². The second-order valence-electron chi connectivity index (χ2n) is 5.49. The molecule has 0 amide bonds. The van der Waals surface area contributed by atoms with Gasteiger partial charge < -0.3 is 10.1 Å². The van der Waals surface area contributed by atoms with E-state index in [-0.39, 0.29) is 0 Å². The zero-order chi connectivity index (χ0) is 13.8. The first-order valence-electron chi connectivity index (χ1n) is 7.36. The molecule has 1 N–H and O–H groups in total. The number of rotatable bonds is 3. The maximum absolute atomic E-state index is 6.31. The molecule has 0 aliphatic carbocycles. The number of hydrogen-bond donors (Lipinski definition) is 1.